The van der Waals surface area contributed by atoms with E-state index in [1.54, 1.807) is 0 Å². The van der Waals surface area contributed by atoms with E-state index in [2.05, 4.69) is 16.2 Å². The monoisotopic (exact) mass is 219 g/mol. The van der Waals surface area contributed by atoms with Gasteiger partial charge in [0.1, 0.15) is 5.54 Å². The summed E-state index contributed by atoms with van der Waals surface area (Å²) in [4.78, 5) is 23.2. The number of benzene rings is 1. The molecule has 5 nitrogen and oxygen atoms in total. The maximum Gasteiger partial charge on any atom is 0.334 e. The summed E-state index contributed by atoms with van der Waals surface area (Å²) in [7, 11) is 0. The molecule has 16 heavy (non-hydrogen) atoms. The Labute approximate surface area is 93.2 Å². The second-order valence-electron chi connectivity index (χ2n) is 3.66. The van der Waals surface area contributed by atoms with Gasteiger partial charge in [-0.15, -0.1) is 0 Å². The number of carbonyl (C=O) groups excluding carboxylic acids is 2. The minimum atomic E-state index is -0.969. The molecule has 2 rings (SSSR count). The van der Waals surface area contributed by atoms with Gasteiger partial charge in [-0.25, -0.2) is 10.2 Å². The highest BCUT2D eigenvalue weighted by molar-refractivity contribution is 5.96. The van der Waals surface area contributed by atoms with Crippen molar-refractivity contribution in [3.8, 4) is 0 Å². The second-order valence-corrected chi connectivity index (χ2v) is 3.66. The van der Waals surface area contributed by atoms with Gasteiger partial charge in [-0.3, -0.25) is 10.2 Å². The number of rotatable bonds is 2. The van der Waals surface area contributed by atoms with Crippen molar-refractivity contribution in [1.29, 1.82) is 0 Å². The Kier molecular flexibility index (Phi) is 2.52. The number of hydrogen-bond acceptors (Lipinski definition) is 2. The van der Waals surface area contributed by atoms with Crippen LogP contribution in [0.3, 0.4) is 0 Å². The van der Waals surface area contributed by atoms with Crippen LogP contribution in [0.1, 0.15) is 18.9 Å². The molecule has 1 heterocycles. The molecule has 1 aromatic rings. The fraction of sp³-hybridized carbons (Fsp3) is 0.273. The van der Waals surface area contributed by atoms with E-state index in [0.29, 0.717) is 6.42 Å². The van der Waals surface area contributed by atoms with Gasteiger partial charge in [-0.2, -0.15) is 0 Å². The Morgan fingerprint density at radius 2 is 1.81 bits per heavy atom. The fourth-order valence-electron chi connectivity index (χ4n) is 1.88. The molecule has 1 unspecified atom stereocenters. The average molecular weight is 219 g/mol. The molecule has 84 valence electrons. The van der Waals surface area contributed by atoms with Crippen molar-refractivity contribution in [3.63, 3.8) is 0 Å². The number of carbonyl (C=O) groups is 2. The van der Waals surface area contributed by atoms with E-state index in [0.717, 1.165) is 5.56 Å². The molecular weight excluding hydrogens is 206 g/mol. The molecule has 0 bridgehead atoms. The zero-order valence-electron chi connectivity index (χ0n) is 8.91. The molecule has 1 atom stereocenters. The van der Waals surface area contributed by atoms with E-state index in [9.17, 15) is 9.59 Å². The third-order valence-electron chi connectivity index (χ3n) is 2.80. The maximum atomic E-state index is 11.9. The highest BCUT2D eigenvalue weighted by Crippen LogP contribution is 2.26. The molecule has 1 fully saturated rings. The largest absolute Gasteiger partial charge is 0.334 e. The molecule has 0 aromatic heterocycles. The minimum absolute atomic E-state index is 0.249. The van der Waals surface area contributed by atoms with Gasteiger partial charge in [0.25, 0.3) is 5.91 Å². The van der Waals surface area contributed by atoms with Crippen LogP contribution in [0.2, 0.25) is 0 Å². The van der Waals surface area contributed by atoms with E-state index >= 15 is 0 Å². The zero-order chi connectivity index (χ0) is 11.6. The summed E-state index contributed by atoms with van der Waals surface area (Å²) in [5.74, 6) is -0.249. The standard InChI is InChI=1S/C11H13N3O2/c1-2-11(8-6-4-3-5-7-8)9(15)13-14-10(16)12-11/h3-7H,2H2,1H3,(H,13,15)(H2,12,14,16). The lowest BCUT2D eigenvalue weighted by molar-refractivity contribution is -0.130. The van der Waals surface area contributed by atoms with E-state index in [-0.39, 0.29) is 5.91 Å². The highest BCUT2D eigenvalue weighted by Gasteiger charge is 2.43. The quantitative estimate of drug-likeness (QED) is 0.683. The van der Waals surface area contributed by atoms with Crippen molar-refractivity contribution < 1.29 is 9.59 Å². The maximum absolute atomic E-state index is 11.9. The fourth-order valence-corrected chi connectivity index (χ4v) is 1.88. The number of amides is 3. The van der Waals surface area contributed by atoms with E-state index in [1.807, 2.05) is 37.3 Å². The minimum Gasteiger partial charge on any atom is -0.318 e. The number of hydrazine groups is 1. The molecule has 3 amide bonds. The first-order chi connectivity index (χ1) is 7.69. The number of nitrogens with one attached hydrogen (secondary N) is 3. The molecule has 1 saturated heterocycles. The Hall–Kier alpha value is -2.04. The SMILES string of the molecule is CCC1(c2ccccc2)NC(=O)NNC1=O. The van der Waals surface area contributed by atoms with Crippen molar-refractivity contribution in [2.75, 3.05) is 0 Å². The highest BCUT2D eigenvalue weighted by atomic mass is 16.2. The van der Waals surface area contributed by atoms with Crippen molar-refractivity contribution in [3.05, 3.63) is 35.9 Å². The first-order valence-corrected chi connectivity index (χ1v) is 5.13. The number of hydrogen-bond donors (Lipinski definition) is 3. The lowest BCUT2D eigenvalue weighted by atomic mass is 9.86. The van der Waals surface area contributed by atoms with Gasteiger partial charge >= 0.3 is 6.03 Å². The third kappa shape index (κ3) is 1.50. The van der Waals surface area contributed by atoms with Crippen LogP contribution in [-0.4, -0.2) is 11.9 Å². The van der Waals surface area contributed by atoms with Gasteiger partial charge < -0.3 is 5.32 Å². The van der Waals surface area contributed by atoms with Crippen molar-refractivity contribution in [1.82, 2.24) is 16.2 Å². The van der Waals surface area contributed by atoms with Crippen LogP contribution < -0.4 is 16.2 Å². The van der Waals surface area contributed by atoms with E-state index in [4.69, 9.17) is 0 Å². The average Bonchev–Trinajstić information content (AvgIpc) is 2.33. The third-order valence-corrected chi connectivity index (χ3v) is 2.80. The Morgan fingerprint density at radius 3 is 2.44 bits per heavy atom. The Bertz CT molecular complexity index is 418. The molecule has 1 aliphatic heterocycles. The molecule has 5 heteroatoms. The van der Waals surface area contributed by atoms with Gasteiger partial charge in [0.05, 0.1) is 0 Å². The molecule has 1 aromatic carbocycles. The summed E-state index contributed by atoms with van der Waals surface area (Å²) in [5.41, 5.74) is 4.43. The lowest BCUT2D eigenvalue weighted by Crippen LogP contribution is -2.67. The van der Waals surface area contributed by atoms with Crippen LogP contribution in [-0.2, 0) is 10.3 Å². The van der Waals surface area contributed by atoms with Gasteiger partial charge in [0.15, 0.2) is 0 Å². The molecule has 0 spiro atoms. The van der Waals surface area contributed by atoms with Gasteiger partial charge in [-0.05, 0) is 12.0 Å². The van der Waals surface area contributed by atoms with Crippen molar-refractivity contribution in [2.45, 2.75) is 18.9 Å². The molecule has 1 aliphatic rings. The van der Waals surface area contributed by atoms with Crippen molar-refractivity contribution >= 4 is 11.9 Å². The lowest BCUT2D eigenvalue weighted by Gasteiger charge is -2.36. The summed E-state index contributed by atoms with van der Waals surface area (Å²) >= 11 is 0. The van der Waals surface area contributed by atoms with Gasteiger partial charge in [0, 0.05) is 0 Å². The molecule has 0 aliphatic carbocycles. The first kappa shape index (κ1) is 10.5. The Balaban J connectivity index is 2.45. The van der Waals surface area contributed by atoms with Crippen LogP contribution >= 0.6 is 0 Å². The topological polar surface area (TPSA) is 70.2 Å². The van der Waals surface area contributed by atoms with Gasteiger partial charge in [0.2, 0.25) is 0 Å². The zero-order valence-corrected chi connectivity index (χ0v) is 8.91. The van der Waals surface area contributed by atoms with Gasteiger partial charge in [-0.1, -0.05) is 37.3 Å². The summed E-state index contributed by atoms with van der Waals surface area (Å²) in [5, 5.41) is 2.68. The molecular formula is C11H13N3O2. The van der Waals surface area contributed by atoms with Crippen LogP contribution in [0.25, 0.3) is 0 Å². The summed E-state index contributed by atoms with van der Waals surface area (Å²) in [6.07, 6.45) is 0.496. The normalized spacial score (nSPS) is 24.3. The second kappa shape index (κ2) is 3.84. The summed E-state index contributed by atoms with van der Waals surface area (Å²) < 4.78 is 0. The van der Waals surface area contributed by atoms with E-state index < -0.39 is 11.6 Å². The van der Waals surface area contributed by atoms with Crippen LogP contribution in [0.4, 0.5) is 4.79 Å². The Morgan fingerprint density at radius 1 is 1.12 bits per heavy atom. The first-order valence-electron chi connectivity index (χ1n) is 5.13. The summed E-state index contributed by atoms with van der Waals surface area (Å²) in [6.45, 7) is 1.86. The number of urea groups is 1. The smallest absolute Gasteiger partial charge is 0.318 e. The molecule has 0 radical (unpaired) electrons. The van der Waals surface area contributed by atoms with E-state index in [1.165, 1.54) is 0 Å². The predicted octanol–water partition coefficient (Wildman–Crippen LogP) is 0.636. The molecule has 3 N–H and O–H groups in total. The van der Waals surface area contributed by atoms with Crippen LogP contribution in [0, 0.1) is 0 Å². The van der Waals surface area contributed by atoms with Crippen LogP contribution in [0.15, 0.2) is 30.3 Å². The van der Waals surface area contributed by atoms with Crippen molar-refractivity contribution in [2.24, 2.45) is 0 Å². The van der Waals surface area contributed by atoms with Crippen LogP contribution in [0.5, 0.6) is 0 Å². The molecule has 0 saturated carbocycles. The predicted molar refractivity (Wildman–Crippen MR) is 58.2 cm³/mol. The summed E-state index contributed by atoms with van der Waals surface area (Å²) in [6, 6.07) is 8.81.